The molecular weight excluding hydrogens is 216 g/mol. The summed E-state index contributed by atoms with van der Waals surface area (Å²) in [6.07, 6.45) is 8.31. The van der Waals surface area contributed by atoms with E-state index in [1.807, 2.05) is 11.3 Å². The van der Waals surface area contributed by atoms with Gasteiger partial charge in [-0.25, -0.2) is 4.98 Å². The maximum atomic E-state index is 4.83. The van der Waals surface area contributed by atoms with E-state index in [2.05, 4.69) is 10.3 Å². The van der Waals surface area contributed by atoms with Gasteiger partial charge in [0.2, 0.25) is 0 Å². The summed E-state index contributed by atoms with van der Waals surface area (Å²) in [5, 5.41) is 3.69. The minimum absolute atomic E-state index is 0.789. The van der Waals surface area contributed by atoms with Gasteiger partial charge < -0.3 is 0 Å². The average Bonchev–Trinajstić information content (AvgIpc) is 2.99. The maximum absolute atomic E-state index is 4.83. The number of likely N-dealkylation sites (tertiary alicyclic amines) is 1. The summed E-state index contributed by atoms with van der Waals surface area (Å²) in [4.78, 5) is 7.37. The highest BCUT2D eigenvalue weighted by Gasteiger charge is 2.21. The van der Waals surface area contributed by atoms with E-state index in [0.717, 1.165) is 12.5 Å². The third-order valence-corrected chi connectivity index (χ3v) is 4.91. The fraction of sp³-hybridized carbons (Fsp3) is 0.769. The number of thiazole rings is 1. The van der Waals surface area contributed by atoms with Crippen molar-refractivity contribution in [2.75, 3.05) is 13.1 Å². The summed E-state index contributed by atoms with van der Waals surface area (Å²) in [6, 6.07) is 0. The molecule has 1 aliphatic heterocycles. The molecule has 1 aromatic heterocycles. The molecule has 0 unspecified atom stereocenters. The molecule has 1 saturated carbocycles. The third kappa shape index (κ3) is 2.30. The highest BCUT2D eigenvalue weighted by Crippen LogP contribution is 2.35. The van der Waals surface area contributed by atoms with E-state index in [9.17, 15) is 0 Å². The molecule has 0 radical (unpaired) electrons. The Kier molecular flexibility index (Phi) is 3.25. The maximum Gasteiger partial charge on any atom is 0.0959 e. The first-order chi connectivity index (χ1) is 7.92. The van der Waals surface area contributed by atoms with Gasteiger partial charge in [-0.15, -0.1) is 11.3 Å². The lowest BCUT2D eigenvalue weighted by molar-refractivity contribution is 0.327. The van der Waals surface area contributed by atoms with E-state index >= 15 is 0 Å². The number of rotatable bonds is 3. The predicted molar refractivity (Wildman–Crippen MR) is 67.8 cm³/mol. The molecule has 2 nitrogen and oxygen atoms in total. The van der Waals surface area contributed by atoms with Crippen LogP contribution in [0.4, 0.5) is 0 Å². The van der Waals surface area contributed by atoms with Crippen molar-refractivity contribution in [1.82, 2.24) is 9.88 Å². The summed E-state index contributed by atoms with van der Waals surface area (Å²) >= 11 is 1.89. The Labute approximate surface area is 102 Å². The van der Waals surface area contributed by atoms with Crippen LogP contribution in [0, 0.1) is 0 Å². The smallest absolute Gasteiger partial charge is 0.0959 e. The van der Waals surface area contributed by atoms with Gasteiger partial charge in [0.15, 0.2) is 0 Å². The van der Waals surface area contributed by atoms with E-state index in [-0.39, 0.29) is 0 Å². The Bertz CT molecular complexity index is 335. The second-order valence-corrected chi connectivity index (χ2v) is 6.03. The van der Waals surface area contributed by atoms with Crippen LogP contribution in [0.15, 0.2) is 5.38 Å². The largest absolute Gasteiger partial charge is 0.297 e. The standard InChI is InChI=1S/C13H20N2S/c1-2-6-11(5-1)13-14-12(10-16-13)9-15-7-3-4-8-15/h10-11H,1-9H2. The summed E-state index contributed by atoms with van der Waals surface area (Å²) in [7, 11) is 0. The van der Waals surface area contributed by atoms with E-state index in [1.54, 1.807) is 0 Å². The molecule has 3 heteroatoms. The van der Waals surface area contributed by atoms with Crippen molar-refractivity contribution in [3.63, 3.8) is 0 Å². The van der Waals surface area contributed by atoms with Crippen LogP contribution in [0.1, 0.15) is 55.1 Å². The first-order valence-electron chi connectivity index (χ1n) is 6.58. The number of hydrogen-bond acceptors (Lipinski definition) is 3. The van der Waals surface area contributed by atoms with E-state index < -0.39 is 0 Å². The topological polar surface area (TPSA) is 16.1 Å². The van der Waals surface area contributed by atoms with Gasteiger partial charge in [-0.1, -0.05) is 12.8 Å². The second kappa shape index (κ2) is 4.84. The molecule has 16 heavy (non-hydrogen) atoms. The van der Waals surface area contributed by atoms with Crippen molar-refractivity contribution in [2.45, 2.75) is 51.0 Å². The molecule has 1 saturated heterocycles. The van der Waals surface area contributed by atoms with Crippen LogP contribution in [0.2, 0.25) is 0 Å². The monoisotopic (exact) mass is 236 g/mol. The molecule has 2 fully saturated rings. The Hall–Kier alpha value is -0.410. The van der Waals surface area contributed by atoms with Gasteiger partial charge in [-0.3, -0.25) is 4.90 Å². The SMILES string of the molecule is c1sc(C2CCCC2)nc1CN1CCCC1. The van der Waals surface area contributed by atoms with Crippen molar-refractivity contribution in [3.8, 4) is 0 Å². The van der Waals surface area contributed by atoms with Gasteiger partial charge >= 0.3 is 0 Å². The minimum atomic E-state index is 0.789. The molecule has 0 spiro atoms. The van der Waals surface area contributed by atoms with Crippen molar-refractivity contribution in [3.05, 3.63) is 16.1 Å². The molecule has 88 valence electrons. The van der Waals surface area contributed by atoms with Gasteiger partial charge in [-0.05, 0) is 38.8 Å². The Morgan fingerprint density at radius 2 is 1.94 bits per heavy atom. The number of hydrogen-bond donors (Lipinski definition) is 0. The first-order valence-corrected chi connectivity index (χ1v) is 7.46. The lowest BCUT2D eigenvalue weighted by atomic mass is 10.1. The zero-order valence-electron chi connectivity index (χ0n) is 9.82. The molecule has 0 N–H and O–H groups in total. The lowest BCUT2D eigenvalue weighted by Crippen LogP contribution is -2.18. The lowest BCUT2D eigenvalue weighted by Gasteiger charge is -2.12. The second-order valence-electron chi connectivity index (χ2n) is 5.14. The van der Waals surface area contributed by atoms with E-state index in [0.29, 0.717) is 0 Å². The van der Waals surface area contributed by atoms with Gasteiger partial charge in [0.05, 0.1) is 10.7 Å². The van der Waals surface area contributed by atoms with E-state index in [1.165, 1.54) is 62.3 Å². The van der Waals surface area contributed by atoms with Crippen LogP contribution >= 0.6 is 11.3 Å². The molecular formula is C13H20N2S. The number of nitrogens with zero attached hydrogens (tertiary/aromatic N) is 2. The highest BCUT2D eigenvalue weighted by molar-refractivity contribution is 7.09. The molecule has 1 aliphatic carbocycles. The molecule has 0 atom stereocenters. The Balaban J connectivity index is 1.62. The molecule has 3 rings (SSSR count). The average molecular weight is 236 g/mol. The van der Waals surface area contributed by atoms with Crippen LogP contribution in [-0.2, 0) is 6.54 Å². The van der Waals surface area contributed by atoms with Crippen molar-refractivity contribution >= 4 is 11.3 Å². The molecule has 0 bridgehead atoms. The normalized spacial score (nSPS) is 23.2. The number of aromatic nitrogens is 1. The minimum Gasteiger partial charge on any atom is -0.297 e. The molecule has 0 aromatic carbocycles. The fourth-order valence-corrected chi connectivity index (χ4v) is 3.91. The van der Waals surface area contributed by atoms with Gasteiger partial charge in [0.1, 0.15) is 0 Å². The summed E-state index contributed by atoms with van der Waals surface area (Å²) in [5.41, 5.74) is 1.31. The van der Waals surface area contributed by atoms with Gasteiger partial charge in [0.25, 0.3) is 0 Å². The quantitative estimate of drug-likeness (QED) is 0.799. The summed E-state index contributed by atoms with van der Waals surface area (Å²) in [6.45, 7) is 3.63. The van der Waals surface area contributed by atoms with Crippen molar-refractivity contribution in [2.24, 2.45) is 0 Å². The molecule has 2 heterocycles. The Morgan fingerprint density at radius 3 is 2.69 bits per heavy atom. The Morgan fingerprint density at radius 1 is 1.19 bits per heavy atom. The van der Waals surface area contributed by atoms with Crippen LogP contribution in [0.5, 0.6) is 0 Å². The third-order valence-electron chi connectivity index (χ3n) is 3.86. The zero-order valence-corrected chi connectivity index (χ0v) is 10.6. The van der Waals surface area contributed by atoms with Crippen molar-refractivity contribution < 1.29 is 0 Å². The van der Waals surface area contributed by atoms with Crippen LogP contribution in [0.25, 0.3) is 0 Å². The van der Waals surface area contributed by atoms with Crippen molar-refractivity contribution in [1.29, 1.82) is 0 Å². The summed E-state index contributed by atoms with van der Waals surface area (Å²) < 4.78 is 0. The van der Waals surface area contributed by atoms with Crippen LogP contribution < -0.4 is 0 Å². The first kappa shape index (κ1) is 10.7. The predicted octanol–water partition coefficient (Wildman–Crippen LogP) is 3.40. The fourth-order valence-electron chi connectivity index (χ4n) is 2.93. The summed E-state index contributed by atoms with van der Waals surface area (Å²) in [5.74, 6) is 0.789. The van der Waals surface area contributed by atoms with Gasteiger partial charge in [-0.2, -0.15) is 0 Å². The van der Waals surface area contributed by atoms with Crippen LogP contribution in [-0.4, -0.2) is 23.0 Å². The van der Waals surface area contributed by atoms with E-state index in [4.69, 9.17) is 4.98 Å². The molecule has 2 aliphatic rings. The highest BCUT2D eigenvalue weighted by atomic mass is 32.1. The zero-order chi connectivity index (χ0) is 10.8. The van der Waals surface area contributed by atoms with Gasteiger partial charge in [0, 0.05) is 17.8 Å². The molecule has 1 aromatic rings. The van der Waals surface area contributed by atoms with Crippen LogP contribution in [0.3, 0.4) is 0 Å². The molecule has 0 amide bonds.